The van der Waals surface area contributed by atoms with Crippen LogP contribution in [0.2, 0.25) is 5.02 Å². The van der Waals surface area contributed by atoms with Crippen molar-refractivity contribution in [2.75, 3.05) is 0 Å². The molecule has 0 aromatic heterocycles. The summed E-state index contributed by atoms with van der Waals surface area (Å²) in [6.45, 7) is 4.29. The third-order valence-electron chi connectivity index (χ3n) is 2.70. The minimum absolute atomic E-state index is 0.235. The molecular weight excluding hydrogens is 194 g/mol. The Hall–Kier alpha value is -0.530. The maximum absolute atomic E-state index is 6.07. The molecule has 0 saturated heterocycles. The van der Waals surface area contributed by atoms with Crippen molar-refractivity contribution in [3.8, 4) is 0 Å². The average Bonchev–Trinajstić information content (AvgIpc) is 2.19. The summed E-state index contributed by atoms with van der Waals surface area (Å²) < 4.78 is 0. The minimum Gasteiger partial charge on any atom is -0.327 e. The van der Waals surface area contributed by atoms with Gasteiger partial charge in [-0.3, -0.25) is 0 Å². The van der Waals surface area contributed by atoms with Gasteiger partial charge in [0.05, 0.1) is 0 Å². The van der Waals surface area contributed by atoms with Gasteiger partial charge in [-0.1, -0.05) is 37.6 Å². The van der Waals surface area contributed by atoms with Gasteiger partial charge in [-0.25, -0.2) is 0 Å². The summed E-state index contributed by atoms with van der Waals surface area (Å²) in [6, 6.07) is 8.25. The molecule has 14 heavy (non-hydrogen) atoms. The fourth-order valence-corrected chi connectivity index (χ4v) is 2.01. The van der Waals surface area contributed by atoms with Crippen molar-refractivity contribution in [3.05, 3.63) is 34.9 Å². The highest BCUT2D eigenvalue weighted by Gasteiger charge is 2.16. The first-order valence-corrected chi connectivity index (χ1v) is 5.57. The Morgan fingerprint density at radius 1 is 1.29 bits per heavy atom. The molecule has 0 aliphatic heterocycles. The highest BCUT2D eigenvalue weighted by Crippen LogP contribution is 2.25. The Labute approximate surface area is 91.3 Å². The molecule has 78 valence electrons. The molecule has 0 aliphatic carbocycles. The lowest BCUT2D eigenvalue weighted by Gasteiger charge is -2.21. The molecular formula is C12H18ClN. The molecule has 1 nitrogen and oxygen atoms in total. The van der Waals surface area contributed by atoms with Crippen molar-refractivity contribution in [2.24, 2.45) is 5.73 Å². The van der Waals surface area contributed by atoms with Crippen LogP contribution in [-0.2, 0) is 0 Å². The first-order valence-electron chi connectivity index (χ1n) is 5.20. The fraction of sp³-hybridized carbons (Fsp3) is 0.500. The largest absolute Gasteiger partial charge is 0.327 e. The molecule has 0 bridgehead atoms. The Morgan fingerprint density at radius 2 is 2.00 bits per heavy atom. The summed E-state index contributed by atoms with van der Waals surface area (Å²) in [6.07, 6.45) is 2.07. The molecule has 1 aromatic carbocycles. The molecule has 0 aliphatic rings. The highest BCUT2D eigenvalue weighted by atomic mass is 35.5. The smallest absolute Gasteiger partial charge is 0.0408 e. The van der Waals surface area contributed by atoms with Crippen molar-refractivity contribution >= 4 is 11.6 Å². The minimum atomic E-state index is 0.235. The molecule has 0 heterocycles. The number of halogens is 1. The van der Waals surface area contributed by atoms with Gasteiger partial charge in [-0.2, -0.15) is 0 Å². The van der Waals surface area contributed by atoms with Gasteiger partial charge < -0.3 is 5.73 Å². The van der Waals surface area contributed by atoms with Crippen molar-refractivity contribution in [1.29, 1.82) is 0 Å². The van der Waals surface area contributed by atoms with Crippen LogP contribution in [0, 0.1) is 0 Å². The van der Waals surface area contributed by atoms with Crippen LogP contribution >= 0.6 is 11.6 Å². The number of rotatable bonds is 4. The van der Waals surface area contributed by atoms with E-state index in [1.807, 2.05) is 18.2 Å². The summed E-state index contributed by atoms with van der Waals surface area (Å²) >= 11 is 5.95. The normalized spacial score (nSPS) is 15.1. The summed E-state index contributed by atoms with van der Waals surface area (Å²) in [5.41, 5.74) is 7.33. The summed E-state index contributed by atoms with van der Waals surface area (Å²) in [5, 5.41) is 0.796. The Morgan fingerprint density at radius 3 is 2.50 bits per heavy atom. The Kier molecular flexibility index (Phi) is 4.43. The van der Waals surface area contributed by atoms with E-state index in [9.17, 15) is 0 Å². The van der Waals surface area contributed by atoms with E-state index in [2.05, 4.69) is 19.9 Å². The van der Waals surface area contributed by atoms with E-state index in [0.29, 0.717) is 5.92 Å². The van der Waals surface area contributed by atoms with Crippen LogP contribution in [0.3, 0.4) is 0 Å². The first-order chi connectivity index (χ1) is 6.69. The van der Waals surface area contributed by atoms with E-state index in [4.69, 9.17) is 17.3 Å². The maximum atomic E-state index is 6.07. The van der Waals surface area contributed by atoms with Gasteiger partial charge in [-0.05, 0) is 36.5 Å². The van der Waals surface area contributed by atoms with E-state index in [0.717, 1.165) is 17.9 Å². The van der Waals surface area contributed by atoms with Gasteiger partial charge in [0.25, 0.3) is 0 Å². The second-order valence-corrected chi connectivity index (χ2v) is 4.08. The van der Waals surface area contributed by atoms with E-state index in [1.165, 1.54) is 5.56 Å². The van der Waals surface area contributed by atoms with Crippen LogP contribution in [0.25, 0.3) is 0 Å². The topological polar surface area (TPSA) is 26.0 Å². The zero-order valence-corrected chi connectivity index (χ0v) is 9.59. The van der Waals surface area contributed by atoms with Gasteiger partial charge in [0, 0.05) is 11.1 Å². The molecule has 0 spiro atoms. The van der Waals surface area contributed by atoms with E-state index in [-0.39, 0.29) is 6.04 Å². The van der Waals surface area contributed by atoms with Gasteiger partial charge in [0.1, 0.15) is 0 Å². The van der Waals surface area contributed by atoms with E-state index < -0.39 is 0 Å². The summed E-state index contributed by atoms with van der Waals surface area (Å²) in [4.78, 5) is 0. The molecule has 2 N–H and O–H groups in total. The zero-order chi connectivity index (χ0) is 10.6. The molecule has 0 saturated carbocycles. The quantitative estimate of drug-likeness (QED) is 0.810. The standard InChI is InChI=1S/C12H18ClN/c1-3-11(12(14)4-2)9-6-5-7-10(13)8-9/h5-8,11-12H,3-4,14H2,1-2H3. The van der Waals surface area contributed by atoms with Gasteiger partial charge in [-0.15, -0.1) is 0 Å². The van der Waals surface area contributed by atoms with Gasteiger partial charge >= 0.3 is 0 Å². The van der Waals surface area contributed by atoms with E-state index >= 15 is 0 Å². The molecule has 0 amide bonds. The third kappa shape index (κ3) is 2.73. The van der Waals surface area contributed by atoms with Crippen molar-refractivity contribution < 1.29 is 0 Å². The van der Waals surface area contributed by atoms with Crippen LogP contribution in [0.1, 0.15) is 38.2 Å². The Bertz CT molecular complexity index is 285. The third-order valence-corrected chi connectivity index (χ3v) is 2.94. The SMILES string of the molecule is CCC(N)C(CC)c1cccc(Cl)c1. The maximum Gasteiger partial charge on any atom is 0.0408 e. The van der Waals surface area contributed by atoms with Crippen LogP contribution < -0.4 is 5.73 Å². The van der Waals surface area contributed by atoms with Crippen molar-refractivity contribution in [3.63, 3.8) is 0 Å². The molecule has 1 rings (SSSR count). The van der Waals surface area contributed by atoms with Crippen LogP contribution in [0.4, 0.5) is 0 Å². The molecule has 2 atom stereocenters. The lowest BCUT2D eigenvalue weighted by Crippen LogP contribution is -2.27. The van der Waals surface area contributed by atoms with E-state index in [1.54, 1.807) is 0 Å². The predicted molar refractivity (Wildman–Crippen MR) is 62.8 cm³/mol. The average molecular weight is 212 g/mol. The number of benzene rings is 1. The molecule has 0 radical (unpaired) electrons. The number of hydrogen-bond donors (Lipinski definition) is 1. The zero-order valence-electron chi connectivity index (χ0n) is 8.83. The summed E-state index contributed by atoms with van der Waals surface area (Å²) in [7, 11) is 0. The Balaban J connectivity index is 2.89. The monoisotopic (exact) mass is 211 g/mol. The molecule has 2 heteroatoms. The predicted octanol–water partition coefficient (Wildman–Crippen LogP) is 3.57. The second-order valence-electron chi connectivity index (χ2n) is 3.64. The molecule has 1 aromatic rings. The lowest BCUT2D eigenvalue weighted by molar-refractivity contribution is 0.505. The van der Waals surface area contributed by atoms with Gasteiger partial charge in [0.2, 0.25) is 0 Å². The fourth-order valence-electron chi connectivity index (χ4n) is 1.81. The second kappa shape index (κ2) is 5.38. The lowest BCUT2D eigenvalue weighted by atomic mass is 9.88. The molecule has 2 unspecified atom stereocenters. The highest BCUT2D eigenvalue weighted by molar-refractivity contribution is 6.30. The van der Waals surface area contributed by atoms with Crippen molar-refractivity contribution in [1.82, 2.24) is 0 Å². The van der Waals surface area contributed by atoms with Crippen molar-refractivity contribution in [2.45, 2.75) is 38.6 Å². The van der Waals surface area contributed by atoms with Crippen LogP contribution in [0.5, 0.6) is 0 Å². The van der Waals surface area contributed by atoms with Crippen LogP contribution in [0.15, 0.2) is 24.3 Å². The first kappa shape index (κ1) is 11.5. The molecule has 0 fully saturated rings. The number of nitrogens with two attached hydrogens (primary N) is 1. The summed E-state index contributed by atoms with van der Waals surface area (Å²) in [5.74, 6) is 0.429. The number of hydrogen-bond acceptors (Lipinski definition) is 1. The van der Waals surface area contributed by atoms with Crippen LogP contribution in [-0.4, -0.2) is 6.04 Å². The van der Waals surface area contributed by atoms with Gasteiger partial charge in [0.15, 0.2) is 0 Å².